The van der Waals surface area contributed by atoms with E-state index < -0.39 is 5.60 Å². The Kier molecular flexibility index (Phi) is 2.04. The van der Waals surface area contributed by atoms with E-state index in [0.717, 1.165) is 6.42 Å². The molecule has 3 fully saturated rings. The maximum absolute atomic E-state index is 10.1. The number of fused-ring (bicyclic) bond motifs is 2. The van der Waals surface area contributed by atoms with E-state index in [1.54, 1.807) is 0 Å². The van der Waals surface area contributed by atoms with Crippen LogP contribution >= 0.6 is 0 Å². The summed E-state index contributed by atoms with van der Waals surface area (Å²) in [6.45, 7) is 8.21. The van der Waals surface area contributed by atoms with Crippen molar-refractivity contribution in [1.29, 1.82) is 0 Å². The summed E-state index contributed by atoms with van der Waals surface area (Å²) in [6, 6.07) is 0. The Balaban J connectivity index is 2.24. The van der Waals surface area contributed by atoms with Crippen LogP contribution in [0.5, 0.6) is 0 Å². The third-order valence-electron chi connectivity index (χ3n) is 4.74. The van der Waals surface area contributed by atoms with Crippen LogP contribution in [0.2, 0.25) is 0 Å². The van der Waals surface area contributed by atoms with Gasteiger partial charge in [-0.2, -0.15) is 0 Å². The van der Waals surface area contributed by atoms with Crippen molar-refractivity contribution < 1.29 is 10.2 Å². The number of hydrogen-bond acceptors (Lipinski definition) is 2. The third kappa shape index (κ3) is 1.24. The zero-order valence-corrected chi connectivity index (χ0v) is 9.62. The van der Waals surface area contributed by atoms with Crippen LogP contribution in [0, 0.1) is 23.2 Å². The highest BCUT2D eigenvalue weighted by atomic mass is 16.3. The van der Waals surface area contributed by atoms with Gasteiger partial charge in [0.1, 0.15) is 0 Å². The summed E-state index contributed by atoms with van der Waals surface area (Å²) in [5.74, 6) is 1.22. The molecule has 0 aromatic rings. The van der Waals surface area contributed by atoms with Gasteiger partial charge < -0.3 is 10.2 Å². The first-order valence-electron chi connectivity index (χ1n) is 5.65. The van der Waals surface area contributed by atoms with Crippen LogP contribution in [-0.4, -0.2) is 21.9 Å². The van der Waals surface area contributed by atoms with Gasteiger partial charge in [0.2, 0.25) is 0 Å². The molecular weight excluding hydrogens is 176 g/mol. The van der Waals surface area contributed by atoms with Gasteiger partial charge in [0.15, 0.2) is 0 Å². The van der Waals surface area contributed by atoms with Gasteiger partial charge in [-0.1, -0.05) is 13.8 Å². The minimum atomic E-state index is -0.743. The topological polar surface area (TPSA) is 40.5 Å². The molecule has 82 valence electrons. The number of aliphatic hydroxyl groups is 2. The molecule has 3 rings (SSSR count). The van der Waals surface area contributed by atoms with Crippen LogP contribution in [0.3, 0.4) is 0 Å². The lowest BCUT2D eigenvalue weighted by molar-refractivity contribution is -0.210. The van der Waals surface area contributed by atoms with E-state index in [1.165, 1.54) is 6.42 Å². The maximum atomic E-state index is 10.1. The normalized spacial score (nSPS) is 45.9. The molecule has 0 aliphatic heterocycles. The van der Waals surface area contributed by atoms with E-state index in [9.17, 15) is 10.2 Å². The van der Waals surface area contributed by atoms with Gasteiger partial charge in [0.25, 0.3) is 0 Å². The van der Waals surface area contributed by atoms with Gasteiger partial charge >= 0.3 is 0 Å². The van der Waals surface area contributed by atoms with Crippen LogP contribution in [0.4, 0.5) is 0 Å². The second-order valence-electron chi connectivity index (χ2n) is 6.34. The Morgan fingerprint density at radius 2 is 1.79 bits per heavy atom. The van der Waals surface area contributed by atoms with Crippen molar-refractivity contribution in [3.8, 4) is 0 Å². The molecule has 3 saturated carbocycles. The Morgan fingerprint density at radius 1 is 1.21 bits per heavy atom. The predicted molar refractivity (Wildman–Crippen MR) is 55.8 cm³/mol. The summed E-state index contributed by atoms with van der Waals surface area (Å²) in [4.78, 5) is 0. The Labute approximate surface area is 86.3 Å². The molecular formula is C12H22O2. The molecule has 2 N–H and O–H groups in total. The molecule has 0 saturated heterocycles. The van der Waals surface area contributed by atoms with Gasteiger partial charge in [-0.3, -0.25) is 0 Å². The molecule has 2 heteroatoms. The number of rotatable bonds is 1. The first-order chi connectivity index (χ1) is 6.24. The van der Waals surface area contributed by atoms with Crippen LogP contribution < -0.4 is 0 Å². The summed E-state index contributed by atoms with van der Waals surface area (Å²) in [5.41, 5.74) is -0.420. The smallest absolute Gasteiger partial charge is 0.0647 e. The highest BCUT2D eigenvalue weighted by Crippen LogP contribution is 2.63. The average molecular weight is 198 g/mol. The molecule has 0 amide bonds. The second-order valence-corrected chi connectivity index (χ2v) is 6.34. The van der Waals surface area contributed by atoms with Crippen LogP contribution in [0.15, 0.2) is 0 Å². The van der Waals surface area contributed by atoms with Crippen molar-refractivity contribution in [3.05, 3.63) is 0 Å². The van der Waals surface area contributed by atoms with Crippen LogP contribution in [0.25, 0.3) is 0 Å². The van der Waals surface area contributed by atoms with Gasteiger partial charge in [-0.05, 0) is 43.9 Å². The van der Waals surface area contributed by atoms with Gasteiger partial charge in [-0.25, -0.2) is 0 Å². The fraction of sp³-hybridized carbons (Fsp3) is 1.00. The third-order valence-corrected chi connectivity index (χ3v) is 4.74. The lowest BCUT2D eigenvalue weighted by atomic mass is 9.43. The van der Waals surface area contributed by atoms with Crippen molar-refractivity contribution in [2.24, 2.45) is 23.2 Å². The lowest BCUT2D eigenvalue weighted by Crippen LogP contribution is -2.62. The van der Waals surface area contributed by atoms with Crippen molar-refractivity contribution in [2.45, 2.75) is 52.2 Å². The molecule has 2 nitrogen and oxygen atoms in total. The SMILES string of the molecule is CC(C)(O)[C@@H]1[C@@H](O)C[C@H]2C[C@@H]1C2(C)C. The Morgan fingerprint density at radius 3 is 2.14 bits per heavy atom. The molecule has 0 unspecified atom stereocenters. The molecule has 2 bridgehead atoms. The summed E-state index contributed by atoms with van der Waals surface area (Å²) >= 11 is 0. The first-order valence-corrected chi connectivity index (χ1v) is 5.65. The average Bonchev–Trinajstić information content (AvgIpc) is 2.01. The monoisotopic (exact) mass is 198 g/mol. The lowest BCUT2D eigenvalue weighted by Gasteiger charge is -2.63. The summed E-state index contributed by atoms with van der Waals surface area (Å²) in [7, 11) is 0. The van der Waals surface area contributed by atoms with E-state index in [0.29, 0.717) is 17.3 Å². The summed E-state index contributed by atoms with van der Waals surface area (Å²) < 4.78 is 0. The van der Waals surface area contributed by atoms with Crippen molar-refractivity contribution >= 4 is 0 Å². The minimum absolute atomic E-state index is 0.0579. The van der Waals surface area contributed by atoms with Crippen LogP contribution in [0.1, 0.15) is 40.5 Å². The molecule has 0 spiro atoms. The van der Waals surface area contributed by atoms with Crippen molar-refractivity contribution in [3.63, 3.8) is 0 Å². The van der Waals surface area contributed by atoms with Crippen molar-refractivity contribution in [1.82, 2.24) is 0 Å². The largest absolute Gasteiger partial charge is 0.393 e. The molecule has 0 heterocycles. The zero-order chi connectivity index (χ0) is 10.7. The second kappa shape index (κ2) is 2.73. The van der Waals surface area contributed by atoms with Crippen LogP contribution in [-0.2, 0) is 0 Å². The van der Waals surface area contributed by atoms with Crippen molar-refractivity contribution in [2.75, 3.05) is 0 Å². The maximum Gasteiger partial charge on any atom is 0.0647 e. The predicted octanol–water partition coefficient (Wildman–Crippen LogP) is 1.80. The quantitative estimate of drug-likeness (QED) is 0.674. The fourth-order valence-electron chi connectivity index (χ4n) is 3.74. The van der Waals surface area contributed by atoms with E-state index >= 15 is 0 Å². The highest BCUT2D eigenvalue weighted by Gasteiger charge is 2.60. The minimum Gasteiger partial charge on any atom is -0.393 e. The number of aliphatic hydroxyl groups excluding tert-OH is 1. The summed E-state index contributed by atoms with van der Waals surface area (Å²) in [6.07, 6.45) is 1.77. The van der Waals surface area contributed by atoms with E-state index in [-0.39, 0.29) is 12.0 Å². The van der Waals surface area contributed by atoms with Gasteiger partial charge in [0, 0.05) is 5.92 Å². The molecule has 0 aromatic heterocycles. The molecule has 4 atom stereocenters. The molecule has 3 aliphatic rings. The molecule has 0 radical (unpaired) electrons. The van der Waals surface area contributed by atoms with Gasteiger partial charge in [-0.15, -0.1) is 0 Å². The zero-order valence-electron chi connectivity index (χ0n) is 9.62. The Hall–Kier alpha value is -0.0800. The fourth-order valence-corrected chi connectivity index (χ4v) is 3.74. The summed E-state index contributed by atoms with van der Waals surface area (Å²) in [5, 5.41) is 20.1. The van der Waals surface area contributed by atoms with Gasteiger partial charge in [0.05, 0.1) is 11.7 Å². The van der Waals surface area contributed by atoms with E-state index in [4.69, 9.17) is 0 Å². The number of hydrogen-bond donors (Lipinski definition) is 2. The van der Waals surface area contributed by atoms with E-state index in [2.05, 4.69) is 13.8 Å². The van der Waals surface area contributed by atoms with E-state index in [1.807, 2.05) is 13.8 Å². The highest BCUT2D eigenvalue weighted by molar-refractivity contribution is 5.09. The molecule has 0 aromatic carbocycles. The molecule has 3 aliphatic carbocycles. The Bertz CT molecular complexity index is 239. The molecule has 14 heavy (non-hydrogen) atoms. The first kappa shape index (κ1) is 10.4. The standard InChI is InChI=1S/C12H22O2/c1-11(2)7-5-8(11)10(9(13)6-7)12(3,4)14/h7-10,13-14H,5-6H2,1-4H3/t7-,8+,9+,10+/m1/s1.